The zero-order valence-corrected chi connectivity index (χ0v) is 9.09. The van der Waals surface area contributed by atoms with Crippen molar-refractivity contribution < 1.29 is 9.53 Å². The molecule has 0 spiro atoms. The number of nitrogens with two attached hydrogens (primary N) is 1. The third-order valence-electron chi connectivity index (χ3n) is 2.02. The Morgan fingerprint density at radius 3 is 3.00 bits per heavy atom. The van der Waals surface area contributed by atoms with E-state index in [1.54, 1.807) is 19.1 Å². The SMILES string of the molecule is CC1Oc2cc(Br)cc(N)c2NC1=O. The number of fused-ring (bicyclic) bond motifs is 1. The van der Waals surface area contributed by atoms with Gasteiger partial charge in [0.25, 0.3) is 5.91 Å². The first-order valence-corrected chi connectivity index (χ1v) is 4.94. The summed E-state index contributed by atoms with van der Waals surface area (Å²) in [6.07, 6.45) is -0.476. The maximum absolute atomic E-state index is 11.3. The second-order valence-electron chi connectivity index (χ2n) is 3.12. The first-order valence-electron chi connectivity index (χ1n) is 4.14. The van der Waals surface area contributed by atoms with Gasteiger partial charge in [-0.25, -0.2) is 0 Å². The normalized spacial score (nSPS) is 19.6. The zero-order valence-electron chi connectivity index (χ0n) is 7.50. The van der Waals surface area contributed by atoms with E-state index in [0.717, 1.165) is 4.47 Å². The fourth-order valence-electron chi connectivity index (χ4n) is 1.30. The number of rotatable bonds is 0. The van der Waals surface area contributed by atoms with Gasteiger partial charge in [-0.1, -0.05) is 15.9 Å². The van der Waals surface area contributed by atoms with E-state index in [1.165, 1.54) is 0 Å². The Morgan fingerprint density at radius 2 is 2.29 bits per heavy atom. The van der Waals surface area contributed by atoms with E-state index in [0.29, 0.717) is 17.1 Å². The minimum absolute atomic E-state index is 0.175. The van der Waals surface area contributed by atoms with E-state index in [1.807, 2.05) is 0 Å². The summed E-state index contributed by atoms with van der Waals surface area (Å²) in [6.45, 7) is 1.69. The molecule has 0 saturated carbocycles. The summed E-state index contributed by atoms with van der Waals surface area (Å²) in [5, 5.41) is 2.70. The molecule has 1 heterocycles. The smallest absolute Gasteiger partial charge is 0.265 e. The van der Waals surface area contributed by atoms with Gasteiger partial charge < -0.3 is 15.8 Å². The quantitative estimate of drug-likeness (QED) is 0.696. The number of hydrogen-bond acceptors (Lipinski definition) is 3. The standard InChI is InChI=1S/C9H9BrN2O2/c1-4-9(13)12-8-6(11)2-5(10)3-7(8)14-4/h2-4H,11H2,1H3,(H,12,13). The summed E-state index contributed by atoms with van der Waals surface area (Å²) in [7, 11) is 0. The van der Waals surface area contributed by atoms with E-state index in [2.05, 4.69) is 21.2 Å². The minimum atomic E-state index is -0.476. The van der Waals surface area contributed by atoms with Gasteiger partial charge >= 0.3 is 0 Å². The van der Waals surface area contributed by atoms with Crippen molar-refractivity contribution in [3.05, 3.63) is 16.6 Å². The van der Waals surface area contributed by atoms with Crippen molar-refractivity contribution in [3.63, 3.8) is 0 Å². The Balaban J connectivity index is 2.51. The lowest BCUT2D eigenvalue weighted by atomic mass is 10.2. The summed E-state index contributed by atoms with van der Waals surface area (Å²) in [6, 6.07) is 3.50. The fraction of sp³-hybridized carbons (Fsp3) is 0.222. The highest BCUT2D eigenvalue weighted by molar-refractivity contribution is 9.10. The van der Waals surface area contributed by atoms with E-state index in [4.69, 9.17) is 10.5 Å². The van der Waals surface area contributed by atoms with E-state index in [9.17, 15) is 4.79 Å². The van der Waals surface area contributed by atoms with Crippen LogP contribution in [0.5, 0.6) is 5.75 Å². The lowest BCUT2D eigenvalue weighted by molar-refractivity contribution is -0.122. The number of anilines is 2. The molecule has 0 aliphatic carbocycles. The largest absolute Gasteiger partial charge is 0.479 e. The molecular weight excluding hydrogens is 248 g/mol. The molecule has 1 aromatic rings. The molecule has 0 fully saturated rings. The van der Waals surface area contributed by atoms with E-state index < -0.39 is 6.10 Å². The minimum Gasteiger partial charge on any atom is -0.479 e. The van der Waals surface area contributed by atoms with Gasteiger partial charge in [0.1, 0.15) is 11.4 Å². The number of nitrogen functional groups attached to an aromatic ring is 1. The van der Waals surface area contributed by atoms with Crippen molar-refractivity contribution in [2.24, 2.45) is 0 Å². The number of carbonyl (C=O) groups is 1. The van der Waals surface area contributed by atoms with Crippen LogP contribution in [0.3, 0.4) is 0 Å². The van der Waals surface area contributed by atoms with Gasteiger partial charge in [0, 0.05) is 4.47 Å². The molecule has 1 atom stereocenters. The molecule has 0 bridgehead atoms. The van der Waals surface area contributed by atoms with Crippen molar-refractivity contribution >= 4 is 33.2 Å². The summed E-state index contributed by atoms with van der Waals surface area (Å²) < 4.78 is 6.21. The number of carbonyl (C=O) groups excluding carboxylic acids is 1. The fourth-order valence-corrected chi connectivity index (χ4v) is 1.75. The van der Waals surface area contributed by atoms with E-state index >= 15 is 0 Å². The van der Waals surface area contributed by atoms with Crippen LogP contribution < -0.4 is 15.8 Å². The van der Waals surface area contributed by atoms with Crippen LogP contribution in [0, 0.1) is 0 Å². The molecule has 1 aliphatic rings. The molecule has 14 heavy (non-hydrogen) atoms. The van der Waals surface area contributed by atoms with Crippen molar-refractivity contribution in [1.29, 1.82) is 0 Å². The van der Waals surface area contributed by atoms with Crippen molar-refractivity contribution in [2.45, 2.75) is 13.0 Å². The van der Waals surface area contributed by atoms with Crippen LogP contribution in [0.1, 0.15) is 6.92 Å². The predicted octanol–water partition coefficient (Wildman–Crippen LogP) is 1.75. The second kappa shape index (κ2) is 3.16. The lowest BCUT2D eigenvalue weighted by Gasteiger charge is -2.24. The van der Waals surface area contributed by atoms with Gasteiger partial charge in [-0.3, -0.25) is 4.79 Å². The Morgan fingerprint density at radius 1 is 1.57 bits per heavy atom. The van der Waals surface area contributed by atoms with Crippen molar-refractivity contribution in [3.8, 4) is 5.75 Å². The molecular formula is C9H9BrN2O2. The summed E-state index contributed by atoms with van der Waals surface area (Å²) in [4.78, 5) is 11.3. The number of nitrogens with one attached hydrogen (secondary N) is 1. The molecule has 0 radical (unpaired) electrons. The molecule has 0 aromatic heterocycles. The lowest BCUT2D eigenvalue weighted by Crippen LogP contribution is -2.34. The number of benzene rings is 1. The number of amides is 1. The highest BCUT2D eigenvalue weighted by atomic mass is 79.9. The average molecular weight is 257 g/mol. The first kappa shape index (κ1) is 9.33. The molecule has 1 unspecified atom stereocenters. The molecule has 5 heteroatoms. The molecule has 3 N–H and O–H groups in total. The van der Waals surface area contributed by atoms with Gasteiger partial charge in [0.2, 0.25) is 0 Å². The van der Waals surface area contributed by atoms with Crippen LogP contribution in [0.25, 0.3) is 0 Å². The summed E-state index contributed by atoms with van der Waals surface area (Å²) in [5.74, 6) is 0.426. The molecule has 4 nitrogen and oxygen atoms in total. The summed E-state index contributed by atoms with van der Waals surface area (Å²) >= 11 is 3.30. The number of hydrogen-bond donors (Lipinski definition) is 2. The van der Waals surface area contributed by atoms with E-state index in [-0.39, 0.29) is 5.91 Å². The number of ether oxygens (including phenoxy) is 1. The zero-order chi connectivity index (χ0) is 10.3. The van der Waals surface area contributed by atoms with Gasteiger partial charge in [0.15, 0.2) is 6.10 Å². The maximum atomic E-state index is 11.3. The second-order valence-corrected chi connectivity index (χ2v) is 4.03. The maximum Gasteiger partial charge on any atom is 0.265 e. The van der Waals surface area contributed by atoms with Gasteiger partial charge in [-0.15, -0.1) is 0 Å². The van der Waals surface area contributed by atoms with Crippen molar-refractivity contribution in [1.82, 2.24) is 0 Å². The predicted molar refractivity (Wildman–Crippen MR) is 57.3 cm³/mol. The topological polar surface area (TPSA) is 64.3 Å². The third-order valence-corrected chi connectivity index (χ3v) is 2.48. The van der Waals surface area contributed by atoms with Gasteiger partial charge in [-0.2, -0.15) is 0 Å². The molecule has 1 amide bonds. The summed E-state index contributed by atoms with van der Waals surface area (Å²) in [5.41, 5.74) is 6.77. The Hall–Kier alpha value is -1.23. The Bertz CT molecular complexity index is 406. The van der Waals surface area contributed by atoms with Crippen LogP contribution in [0.2, 0.25) is 0 Å². The highest BCUT2D eigenvalue weighted by Gasteiger charge is 2.25. The van der Waals surface area contributed by atoms with Crippen LogP contribution in [0.15, 0.2) is 16.6 Å². The monoisotopic (exact) mass is 256 g/mol. The van der Waals surface area contributed by atoms with Gasteiger partial charge in [0.05, 0.1) is 5.69 Å². The van der Waals surface area contributed by atoms with Crippen LogP contribution >= 0.6 is 15.9 Å². The molecule has 1 aromatic carbocycles. The molecule has 1 aliphatic heterocycles. The van der Waals surface area contributed by atoms with Crippen LogP contribution in [-0.2, 0) is 4.79 Å². The van der Waals surface area contributed by atoms with Crippen LogP contribution in [-0.4, -0.2) is 12.0 Å². The molecule has 74 valence electrons. The molecule has 2 rings (SSSR count). The Labute approximate surface area is 89.6 Å². The number of halogens is 1. The molecule has 0 saturated heterocycles. The Kier molecular flexibility index (Phi) is 2.11. The van der Waals surface area contributed by atoms with Gasteiger partial charge in [-0.05, 0) is 19.1 Å². The highest BCUT2D eigenvalue weighted by Crippen LogP contribution is 2.37. The first-order chi connectivity index (χ1) is 6.58. The van der Waals surface area contributed by atoms with Crippen LogP contribution in [0.4, 0.5) is 11.4 Å². The average Bonchev–Trinajstić information content (AvgIpc) is 2.08. The third kappa shape index (κ3) is 1.43. The van der Waals surface area contributed by atoms with Crippen molar-refractivity contribution in [2.75, 3.05) is 11.1 Å².